The molecule has 4 N–H and O–H groups in total. The number of hydrogen-bond acceptors (Lipinski definition) is 5. The van der Waals surface area contributed by atoms with Crippen molar-refractivity contribution in [2.24, 2.45) is 11.8 Å². The summed E-state index contributed by atoms with van der Waals surface area (Å²) in [6.07, 6.45) is 7.82. The molecule has 224 valence electrons. The van der Waals surface area contributed by atoms with E-state index in [0.717, 1.165) is 22.0 Å². The lowest BCUT2D eigenvalue weighted by Gasteiger charge is -2.24. The molecule has 0 fully saturated rings. The van der Waals surface area contributed by atoms with Crippen molar-refractivity contribution in [2.75, 3.05) is 13.2 Å². The number of ether oxygens (including phenoxy) is 1. The number of aromatic nitrogens is 1. The number of carbonyl (C=O) groups excluding carboxylic acids is 3. The molecule has 1 heterocycles. The fraction of sp³-hybridized carbons (Fsp3) is 0.382. The highest BCUT2D eigenvalue weighted by molar-refractivity contribution is 5.86. The van der Waals surface area contributed by atoms with E-state index in [2.05, 4.69) is 28.8 Å². The van der Waals surface area contributed by atoms with Crippen molar-refractivity contribution in [3.05, 3.63) is 97.2 Å². The van der Waals surface area contributed by atoms with E-state index in [1.807, 2.05) is 60.8 Å². The molecule has 3 rings (SSSR count). The minimum Gasteiger partial charge on any atom is -0.463 e. The zero-order chi connectivity index (χ0) is 30.3. The van der Waals surface area contributed by atoms with Gasteiger partial charge in [0.2, 0.25) is 11.8 Å². The van der Waals surface area contributed by atoms with Crippen molar-refractivity contribution >= 4 is 28.7 Å². The maximum Gasteiger partial charge on any atom is 0.309 e. The monoisotopic (exact) mass is 573 g/mol. The Hall–Kier alpha value is -4.17. The molecule has 0 aliphatic heterocycles. The minimum atomic E-state index is -0.659. The fourth-order valence-electron chi connectivity index (χ4n) is 4.95. The zero-order valence-corrected chi connectivity index (χ0v) is 24.4. The van der Waals surface area contributed by atoms with Crippen molar-refractivity contribution in [3.63, 3.8) is 0 Å². The maximum absolute atomic E-state index is 13.4. The molecule has 2 amide bonds. The molecular weight excluding hydrogens is 530 g/mol. The van der Waals surface area contributed by atoms with Gasteiger partial charge in [-0.15, -0.1) is 13.2 Å². The third-order valence-electron chi connectivity index (χ3n) is 7.23. The van der Waals surface area contributed by atoms with Crippen LogP contribution >= 0.6 is 0 Å². The van der Waals surface area contributed by atoms with Crippen molar-refractivity contribution in [2.45, 2.75) is 57.5 Å². The number of carbonyl (C=O) groups is 3. The number of H-pyrrole nitrogens is 1. The summed E-state index contributed by atoms with van der Waals surface area (Å²) in [7, 11) is 0. The van der Waals surface area contributed by atoms with Gasteiger partial charge in [0.05, 0.1) is 24.5 Å². The zero-order valence-electron chi connectivity index (χ0n) is 24.4. The molecule has 0 saturated heterocycles. The van der Waals surface area contributed by atoms with Crippen molar-refractivity contribution in [1.82, 2.24) is 15.6 Å². The van der Waals surface area contributed by atoms with Gasteiger partial charge in [0.15, 0.2) is 0 Å². The summed E-state index contributed by atoms with van der Waals surface area (Å²) in [5.41, 5.74) is 3.00. The van der Waals surface area contributed by atoms with E-state index in [-0.39, 0.29) is 43.3 Å². The number of esters is 1. The number of aromatic amines is 1. The lowest BCUT2D eigenvalue weighted by atomic mass is 9.95. The number of allylic oxidation sites excluding steroid dienone is 2. The summed E-state index contributed by atoms with van der Waals surface area (Å²) in [5, 5.41) is 16.0. The van der Waals surface area contributed by atoms with Crippen LogP contribution in [0.2, 0.25) is 0 Å². The molecule has 3 aromatic rings. The molecule has 0 spiro atoms. The lowest BCUT2D eigenvalue weighted by Crippen LogP contribution is -2.45. The first-order chi connectivity index (χ1) is 20.3. The molecular formula is C34H43N3O5. The highest BCUT2D eigenvalue weighted by Crippen LogP contribution is 2.21. The number of benzene rings is 2. The van der Waals surface area contributed by atoms with Gasteiger partial charge >= 0.3 is 5.97 Å². The Morgan fingerprint density at radius 1 is 0.976 bits per heavy atom. The third kappa shape index (κ3) is 10.0. The van der Waals surface area contributed by atoms with Crippen LogP contribution in [0.3, 0.4) is 0 Å². The van der Waals surface area contributed by atoms with Crippen LogP contribution in [0.25, 0.3) is 10.9 Å². The minimum absolute atomic E-state index is 0.0159. The topological polar surface area (TPSA) is 121 Å². The highest BCUT2D eigenvalue weighted by Gasteiger charge is 2.27. The van der Waals surface area contributed by atoms with Crippen LogP contribution in [0.15, 0.2) is 86.1 Å². The second kappa shape index (κ2) is 16.9. The Labute approximate surface area is 248 Å². The van der Waals surface area contributed by atoms with Crippen LogP contribution < -0.4 is 10.6 Å². The van der Waals surface area contributed by atoms with Gasteiger partial charge in [-0.2, -0.15) is 0 Å². The molecule has 0 aliphatic rings. The van der Waals surface area contributed by atoms with Gasteiger partial charge in [-0.05, 0) is 56.2 Å². The van der Waals surface area contributed by atoms with Crippen LogP contribution in [0, 0.1) is 11.8 Å². The van der Waals surface area contributed by atoms with Gasteiger partial charge in [-0.3, -0.25) is 14.4 Å². The molecule has 0 bridgehead atoms. The number of hydrogen-bond donors (Lipinski definition) is 4. The van der Waals surface area contributed by atoms with Crippen LogP contribution in [-0.2, 0) is 32.0 Å². The quantitative estimate of drug-likeness (QED) is 0.131. The van der Waals surface area contributed by atoms with Gasteiger partial charge in [0.25, 0.3) is 0 Å². The lowest BCUT2D eigenvalue weighted by molar-refractivity contribution is -0.150. The van der Waals surface area contributed by atoms with E-state index in [4.69, 9.17) is 4.74 Å². The summed E-state index contributed by atoms with van der Waals surface area (Å²) in [5.74, 6) is -1.98. The van der Waals surface area contributed by atoms with E-state index in [0.29, 0.717) is 32.1 Å². The number of para-hydroxylation sites is 1. The molecule has 0 radical (unpaired) electrons. The molecule has 4 atom stereocenters. The third-order valence-corrected chi connectivity index (χ3v) is 7.23. The van der Waals surface area contributed by atoms with Crippen LogP contribution in [0.1, 0.15) is 43.7 Å². The number of aliphatic hydroxyl groups excluding tert-OH is 1. The van der Waals surface area contributed by atoms with E-state index in [1.165, 1.54) is 0 Å². The predicted octanol–water partition coefficient (Wildman–Crippen LogP) is 4.64. The average Bonchev–Trinajstić information content (AvgIpc) is 3.40. The SMILES string of the molecule is C=CCC[C@H](Cc1ccccc1)C(=O)OC[C@H](Cc1c[nH]c2ccccc12)NC(=O)[C@@H](CC=C)CC(=O)N[C@@H](C)CO. The molecule has 0 saturated carbocycles. The molecule has 1 aromatic heterocycles. The van der Waals surface area contributed by atoms with E-state index < -0.39 is 18.0 Å². The molecule has 42 heavy (non-hydrogen) atoms. The number of aliphatic hydroxyl groups is 1. The molecule has 8 nitrogen and oxygen atoms in total. The summed E-state index contributed by atoms with van der Waals surface area (Å²) in [6, 6.07) is 16.8. The number of amides is 2. The molecule has 0 unspecified atom stereocenters. The summed E-state index contributed by atoms with van der Waals surface area (Å²) >= 11 is 0. The van der Waals surface area contributed by atoms with Crippen molar-refractivity contribution in [1.29, 1.82) is 0 Å². The van der Waals surface area contributed by atoms with Crippen molar-refractivity contribution < 1.29 is 24.2 Å². The Bertz CT molecular complexity index is 1320. The molecule has 8 heteroatoms. The largest absolute Gasteiger partial charge is 0.463 e. The fourth-order valence-corrected chi connectivity index (χ4v) is 4.95. The van der Waals surface area contributed by atoms with Crippen LogP contribution in [0.4, 0.5) is 0 Å². The number of rotatable bonds is 18. The van der Waals surface area contributed by atoms with E-state index in [1.54, 1.807) is 19.1 Å². The second-order valence-electron chi connectivity index (χ2n) is 10.7. The number of nitrogens with one attached hydrogen (secondary N) is 3. The second-order valence-corrected chi connectivity index (χ2v) is 10.7. The Kier molecular flexibility index (Phi) is 13.0. The highest BCUT2D eigenvalue weighted by atomic mass is 16.5. The summed E-state index contributed by atoms with van der Waals surface area (Å²) in [6.45, 7) is 9.02. The molecule has 0 aliphatic carbocycles. The first-order valence-electron chi connectivity index (χ1n) is 14.5. The average molecular weight is 574 g/mol. The summed E-state index contributed by atoms with van der Waals surface area (Å²) in [4.78, 5) is 42.5. The first kappa shape index (κ1) is 32.3. The Balaban J connectivity index is 1.76. The normalized spacial score (nSPS) is 13.9. The van der Waals surface area contributed by atoms with E-state index >= 15 is 0 Å². The first-order valence-corrected chi connectivity index (χ1v) is 14.5. The predicted molar refractivity (Wildman–Crippen MR) is 166 cm³/mol. The van der Waals surface area contributed by atoms with Crippen LogP contribution in [-0.4, -0.2) is 53.2 Å². The maximum atomic E-state index is 13.4. The van der Waals surface area contributed by atoms with Crippen molar-refractivity contribution in [3.8, 4) is 0 Å². The van der Waals surface area contributed by atoms with Gasteiger partial charge in [0, 0.05) is 29.6 Å². The van der Waals surface area contributed by atoms with Gasteiger partial charge < -0.3 is 25.5 Å². The Morgan fingerprint density at radius 3 is 2.43 bits per heavy atom. The van der Waals surface area contributed by atoms with Gasteiger partial charge in [-0.1, -0.05) is 60.7 Å². The summed E-state index contributed by atoms with van der Waals surface area (Å²) < 4.78 is 5.86. The standard InChI is InChI=1S/C34H43N3O5/c1-4-6-15-27(18-25-13-8-7-9-14-25)34(41)42-23-29(19-28-21-35-31-17-11-10-16-30(28)31)37-33(40)26(12-5-2)20-32(39)36-24(3)22-38/h4-5,7-11,13-14,16-17,21,24,26-27,29,35,38H,1-2,6,12,15,18-20,22-23H2,3H3,(H,36,39)(H,37,40)/t24-,26-,27+,29-/m0/s1. The van der Waals surface area contributed by atoms with Gasteiger partial charge in [0.1, 0.15) is 6.61 Å². The van der Waals surface area contributed by atoms with Crippen LogP contribution in [0.5, 0.6) is 0 Å². The Morgan fingerprint density at radius 2 is 1.71 bits per heavy atom. The van der Waals surface area contributed by atoms with Gasteiger partial charge in [-0.25, -0.2) is 0 Å². The smallest absolute Gasteiger partial charge is 0.309 e. The molecule has 2 aromatic carbocycles. The number of fused-ring (bicyclic) bond motifs is 1. The van der Waals surface area contributed by atoms with E-state index in [9.17, 15) is 19.5 Å².